The maximum atomic E-state index is 13.9. The van der Waals surface area contributed by atoms with Crippen molar-refractivity contribution in [2.24, 2.45) is 5.92 Å². The summed E-state index contributed by atoms with van der Waals surface area (Å²) in [6, 6.07) is 27.1. The van der Waals surface area contributed by atoms with Crippen LogP contribution in [0.5, 0.6) is 0 Å². The van der Waals surface area contributed by atoms with Gasteiger partial charge in [0, 0.05) is 61.9 Å². The summed E-state index contributed by atoms with van der Waals surface area (Å²) in [6.07, 6.45) is 0.0323. The third-order valence-electron chi connectivity index (χ3n) is 9.68. The molecule has 2 amide bonds. The number of amides is 2. The number of nitrogens with zero attached hydrogens (tertiary/aromatic N) is 2. The molecule has 0 bridgehead atoms. The maximum Gasteiger partial charge on any atom is 0.224 e. The molecule has 1 saturated heterocycles. The average molecular weight is 667 g/mol. The summed E-state index contributed by atoms with van der Waals surface area (Å²) in [5, 5.41) is 29.7. The Kier molecular flexibility index (Phi) is 10.8. The van der Waals surface area contributed by atoms with Crippen LogP contribution in [0.3, 0.4) is 0 Å². The number of carbonyl (C=O) groups excluding carboxylic acids is 2. The second-order valence-electron chi connectivity index (χ2n) is 14.9. The molecular formula is C40H50N4O5. The monoisotopic (exact) mass is 666 g/mol. The number of fused-ring (bicyclic) bond motifs is 2. The first-order chi connectivity index (χ1) is 23.5. The summed E-state index contributed by atoms with van der Waals surface area (Å²) >= 11 is 0. The Morgan fingerprint density at radius 1 is 0.980 bits per heavy atom. The van der Waals surface area contributed by atoms with Crippen molar-refractivity contribution < 1.29 is 24.2 Å². The molecule has 0 spiro atoms. The Bertz CT molecular complexity index is 1680. The molecule has 260 valence electrons. The molecule has 4 aromatic rings. The molecular weight excluding hydrogens is 616 g/mol. The molecule has 2 heterocycles. The minimum Gasteiger partial charge on any atom is -0.460 e. The van der Waals surface area contributed by atoms with Crippen LogP contribution in [-0.2, 0) is 29.0 Å². The highest BCUT2D eigenvalue weighted by Crippen LogP contribution is 2.32. The Labute approximate surface area is 289 Å². The number of piperazine rings is 1. The smallest absolute Gasteiger partial charge is 0.224 e. The van der Waals surface area contributed by atoms with Crippen LogP contribution < -0.4 is 10.6 Å². The fourth-order valence-electron chi connectivity index (χ4n) is 7.43. The summed E-state index contributed by atoms with van der Waals surface area (Å²) in [5.41, 5.74) is 3.51. The van der Waals surface area contributed by atoms with Gasteiger partial charge in [-0.1, -0.05) is 72.8 Å². The van der Waals surface area contributed by atoms with Crippen molar-refractivity contribution in [2.45, 2.75) is 82.8 Å². The first-order valence-corrected chi connectivity index (χ1v) is 17.5. The Morgan fingerprint density at radius 2 is 1.71 bits per heavy atom. The maximum absolute atomic E-state index is 13.9. The first kappa shape index (κ1) is 34.8. The third kappa shape index (κ3) is 9.16. The van der Waals surface area contributed by atoms with Gasteiger partial charge < -0.3 is 25.3 Å². The summed E-state index contributed by atoms with van der Waals surface area (Å²) in [6.45, 7) is 8.98. The standard InChI is InChI=1S/C40H50N4O5/c1-40(2,3)42-37(47)23-31-24-43(26-33-21-29-14-8-10-16-36(29)49-33)17-18-44(31)25-32(45)20-30(19-27-11-5-4-6-12-27)39(48)41-38-34-15-9-7-13-28(34)22-35(38)46/h4-16,21,30-32,35,38,45-46H,17-20,22-26H2,1-3H3,(H,41,48)(H,42,47)/t30-,31-,32+,35-,38+/m1/s1. The van der Waals surface area contributed by atoms with E-state index in [2.05, 4.69) is 26.5 Å². The van der Waals surface area contributed by atoms with E-state index in [-0.39, 0.29) is 29.8 Å². The Hall–Kier alpha value is -4.02. The van der Waals surface area contributed by atoms with Gasteiger partial charge in [-0.25, -0.2) is 0 Å². The number of benzene rings is 3. The van der Waals surface area contributed by atoms with Crippen molar-refractivity contribution in [3.8, 4) is 0 Å². The van der Waals surface area contributed by atoms with E-state index in [1.165, 1.54) is 0 Å². The van der Waals surface area contributed by atoms with E-state index in [0.717, 1.165) is 40.0 Å². The van der Waals surface area contributed by atoms with Gasteiger partial charge in [0.15, 0.2) is 0 Å². The van der Waals surface area contributed by atoms with Gasteiger partial charge in [-0.15, -0.1) is 0 Å². The molecule has 2 aliphatic rings. The lowest BCUT2D eigenvalue weighted by atomic mass is 9.91. The lowest BCUT2D eigenvalue weighted by molar-refractivity contribution is -0.127. The van der Waals surface area contributed by atoms with E-state index >= 15 is 0 Å². The fourth-order valence-corrected chi connectivity index (χ4v) is 7.43. The molecule has 4 N–H and O–H groups in total. The molecule has 3 aromatic carbocycles. The highest BCUT2D eigenvalue weighted by molar-refractivity contribution is 5.80. The van der Waals surface area contributed by atoms with Crippen molar-refractivity contribution >= 4 is 22.8 Å². The van der Waals surface area contributed by atoms with Gasteiger partial charge in [0.1, 0.15) is 11.3 Å². The third-order valence-corrected chi connectivity index (χ3v) is 9.68. The number of hydrogen-bond acceptors (Lipinski definition) is 7. The van der Waals surface area contributed by atoms with Crippen LogP contribution >= 0.6 is 0 Å². The minimum atomic E-state index is -0.796. The van der Waals surface area contributed by atoms with Gasteiger partial charge in [0.2, 0.25) is 11.8 Å². The van der Waals surface area contributed by atoms with E-state index in [0.29, 0.717) is 45.4 Å². The number of aliphatic hydroxyl groups is 2. The zero-order chi connectivity index (χ0) is 34.5. The number of aliphatic hydroxyl groups excluding tert-OH is 2. The lowest BCUT2D eigenvalue weighted by Crippen LogP contribution is -2.56. The number of hydrogen-bond donors (Lipinski definition) is 4. The molecule has 6 rings (SSSR count). The highest BCUT2D eigenvalue weighted by Gasteiger charge is 2.36. The highest BCUT2D eigenvalue weighted by atomic mass is 16.3. The average Bonchev–Trinajstić information content (AvgIpc) is 3.61. The summed E-state index contributed by atoms with van der Waals surface area (Å²) in [5.74, 6) is 0.173. The minimum absolute atomic E-state index is 0.0284. The van der Waals surface area contributed by atoms with Crippen molar-refractivity contribution in [2.75, 3.05) is 26.2 Å². The van der Waals surface area contributed by atoms with Gasteiger partial charge in [0.05, 0.1) is 24.8 Å². The molecule has 1 aromatic heterocycles. The second-order valence-corrected chi connectivity index (χ2v) is 14.9. The Balaban J connectivity index is 1.14. The quantitative estimate of drug-likeness (QED) is 0.175. The normalized spacial score (nSPS) is 21.3. The molecule has 0 unspecified atom stereocenters. The van der Waals surface area contributed by atoms with E-state index < -0.39 is 24.2 Å². The van der Waals surface area contributed by atoms with Crippen LogP contribution in [0.1, 0.15) is 62.1 Å². The number of rotatable bonds is 12. The number of furan rings is 1. The first-order valence-electron chi connectivity index (χ1n) is 17.5. The van der Waals surface area contributed by atoms with Gasteiger partial charge in [-0.3, -0.25) is 19.4 Å². The van der Waals surface area contributed by atoms with Gasteiger partial charge in [-0.2, -0.15) is 0 Å². The SMILES string of the molecule is CC(C)(C)NC(=O)C[C@@H]1CN(Cc2cc3ccccc3o2)CCN1C[C@@H](O)C[C@@H](Cc1ccccc1)C(=O)N[C@H]1c2ccccc2C[C@H]1O. The van der Waals surface area contributed by atoms with Crippen LogP contribution in [0.15, 0.2) is 89.3 Å². The van der Waals surface area contributed by atoms with Gasteiger partial charge in [0.25, 0.3) is 0 Å². The molecule has 49 heavy (non-hydrogen) atoms. The van der Waals surface area contributed by atoms with Gasteiger partial charge in [-0.05, 0) is 62.4 Å². The predicted molar refractivity (Wildman–Crippen MR) is 191 cm³/mol. The molecule has 9 nitrogen and oxygen atoms in total. The van der Waals surface area contributed by atoms with E-state index in [9.17, 15) is 19.8 Å². The number of β-amino-alcohol motifs (C(OH)–C–C–N with tert-alkyl or cyclic N) is 1. The number of carbonyl (C=O) groups is 2. The molecule has 1 aliphatic carbocycles. The Morgan fingerprint density at radius 3 is 2.49 bits per heavy atom. The fraction of sp³-hybridized carbons (Fsp3) is 0.450. The van der Waals surface area contributed by atoms with Crippen molar-refractivity contribution in [1.29, 1.82) is 0 Å². The number of para-hydroxylation sites is 1. The molecule has 0 radical (unpaired) electrons. The van der Waals surface area contributed by atoms with Crippen LogP contribution in [-0.4, -0.2) is 81.8 Å². The molecule has 1 aliphatic heterocycles. The van der Waals surface area contributed by atoms with Crippen molar-refractivity contribution in [1.82, 2.24) is 20.4 Å². The van der Waals surface area contributed by atoms with E-state index in [4.69, 9.17) is 4.42 Å². The largest absolute Gasteiger partial charge is 0.460 e. The lowest BCUT2D eigenvalue weighted by Gasteiger charge is -2.42. The molecule has 9 heteroatoms. The van der Waals surface area contributed by atoms with Crippen LogP contribution in [0.2, 0.25) is 0 Å². The molecule has 5 atom stereocenters. The summed E-state index contributed by atoms with van der Waals surface area (Å²) in [4.78, 5) is 31.6. The second kappa shape index (κ2) is 15.3. The predicted octanol–water partition coefficient (Wildman–Crippen LogP) is 4.61. The van der Waals surface area contributed by atoms with Gasteiger partial charge >= 0.3 is 0 Å². The molecule has 1 fully saturated rings. The summed E-state index contributed by atoms with van der Waals surface area (Å²) < 4.78 is 6.10. The van der Waals surface area contributed by atoms with Crippen LogP contribution in [0.4, 0.5) is 0 Å². The van der Waals surface area contributed by atoms with Crippen LogP contribution in [0, 0.1) is 5.92 Å². The zero-order valence-electron chi connectivity index (χ0n) is 28.8. The topological polar surface area (TPSA) is 118 Å². The van der Waals surface area contributed by atoms with Crippen molar-refractivity contribution in [3.05, 3.63) is 107 Å². The molecule has 0 saturated carbocycles. The van der Waals surface area contributed by atoms with E-state index in [1.54, 1.807) is 0 Å². The number of nitrogens with one attached hydrogen (secondary N) is 2. The van der Waals surface area contributed by atoms with Crippen molar-refractivity contribution in [3.63, 3.8) is 0 Å². The van der Waals surface area contributed by atoms with E-state index in [1.807, 2.05) is 99.6 Å². The zero-order valence-corrected chi connectivity index (χ0v) is 28.8. The summed E-state index contributed by atoms with van der Waals surface area (Å²) in [7, 11) is 0. The van der Waals surface area contributed by atoms with Crippen LogP contribution in [0.25, 0.3) is 11.0 Å².